The molecule has 4 N–H and O–H groups in total. The molecule has 0 saturated carbocycles. The zero-order valence-electron chi connectivity index (χ0n) is 11.5. The van der Waals surface area contributed by atoms with Crippen LogP contribution in [-0.2, 0) is 6.54 Å². The van der Waals surface area contributed by atoms with Crippen molar-refractivity contribution in [2.45, 2.75) is 6.54 Å². The molecular formula is C14H21FN4O. The van der Waals surface area contributed by atoms with Crippen LogP contribution in [0.2, 0.25) is 0 Å². The fourth-order valence-corrected chi connectivity index (χ4v) is 2.49. The first kappa shape index (κ1) is 14.9. The number of halogens is 1. The minimum Gasteiger partial charge on any atom is -0.395 e. The molecule has 0 unspecified atom stereocenters. The van der Waals surface area contributed by atoms with Gasteiger partial charge in [-0.05, 0) is 17.7 Å². The molecule has 0 aliphatic carbocycles. The number of rotatable bonds is 5. The SMILES string of the molecule is N=C(N)c1cc(F)ccc1CN1CCN(CCO)CC1. The van der Waals surface area contributed by atoms with Crippen molar-refractivity contribution in [2.24, 2.45) is 5.73 Å². The van der Waals surface area contributed by atoms with Gasteiger partial charge in [-0.1, -0.05) is 6.07 Å². The van der Waals surface area contributed by atoms with Gasteiger partial charge in [0.05, 0.1) is 6.61 Å². The van der Waals surface area contributed by atoms with Crippen molar-refractivity contribution < 1.29 is 9.50 Å². The summed E-state index contributed by atoms with van der Waals surface area (Å²) in [6, 6.07) is 4.43. The second-order valence-corrected chi connectivity index (χ2v) is 5.06. The fourth-order valence-electron chi connectivity index (χ4n) is 2.49. The summed E-state index contributed by atoms with van der Waals surface area (Å²) >= 11 is 0. The topological polar surface area (TPSA) is 76.6 Å². The molecule has 6 heteroatoms. The van der Waals surface area contributed by atoms with Crippen LogP contribution in [0.5, 0.6) is 0 Å². The molecule has 0 atom stereocenters. The molecule has 1 aromatic rings. The van der Waals surface area contributed by atoms with Gasteiger partial charge < -0.3 is 10.8 Å². The maximum atomic E-state index is 13.2. The van der Waals surface area contributed by atoms with Crippen LogP contribution >= 0.6 is 0 Å². The number of benzene rings is 1. The number of aliphatic hydroxyl groups excluding tert-OH is 1. The molecule has 0 aromatic heterocycles. The summed E-state index contributed by atoms with van der Waals surface area (Å²) in [4.78, 5) is 4.47. The summed E-state index contributed by atoms with van der Waals surface area (Å²) in [6.45, 7) is 5.19. The van der Waals surface area contributed by atoms with Crippen LogP contribution in [0.1, 0.15) is 11.1 Å². The predicted octanol–water partition coefficient (Wildman–Crippen LogP) is 0.220. The van der Waals surface area contributed by atoms with E-state index in [4.69, 9.17) is 16.2 Å². The summed E-state index contributed by atoms with van der Waals surface area (Å²) in [6.07, 6.45) is 0. The average molecular weight is 280 g/mol. The van der Waals surface area contributed by atoms with Gasteiger partial charge in [0.25, 0.3) is 0 Å². The van der Waals surface area contributed by atoms with Crippen LogP contribution in [0.15, 0.2) is 18.2 Å². The Bertz CT molecular complexity index is 472. The number of β-amino-alcohol motifs (C(OH)–C–C–N with tert-alkyl or cyclic N) is 1. The lowest BCUT2D eigenvalue weighted by Gasteiger charge is -2.34. The quantitative estimate of drug-likeness (QED) is 0.533. The van der Waals surface area contributed by atoms with Crippen molar-refractivity contribution in [3.63, 3.8) is 0 Å². The Morgan fingerprint density at radius 3 is 2.50 bits per heavy atom. The first-order valence-electron chi connectivity index (χ1n) is 6.78. The lowest BCUT2D eigenvalue weighted by molar-refractivity contribution is 0.108. The van der Waals surface area contributed by atoms with Crippen LogP contribution in [0.3, 0.4) is 0 Å². The van der Waals surface area contributed by atoms with Crippen LogP contribution < -0.4 is 5.73 Å². The minimum atomic E-state index is -0.369. The molecule has 0 bridgehead atoms. The van der Waals surface area contributed by atoms with Crippen molar-refractivity contribution in [2.75, 3.05) is 39.3 Å². The fraction of sp³-hybridized carbons (Fsp3) is 0.500. The molecule has 2 rings (SSSR count). The lowest BCUT2D eigenvalue weighted by Crippen LogP contribution is -2.46. The van der Waals surface area contributed by atoms with E-state index in [0.717, 1.165) is 31.7 Å². The Labute approximate surface area is 118 Å². The Balaban J connectivity index is 1.99. The number of hydrogen-bond donors (Lipinski definition) is 3. The van der Waals surface area contributed by atoms with Crippen molar-refractivity contribution in [3.05, 3.63) is 35.1 Å². The van der Waals surface area contributed by atoms with E-state index >= 15 is 0 Å². The monoisotopic (exact) mass is 280 g/mol. The first-order chi connectivity index (χ1) is 9.60. The van der Waals surface area contributed by atoms with E-state index in [1.165, 1.54) is 12.1 Å². The highest BCUT2D eigenvalue weighted by Gasteiger charge is 2.18. The highest BCUT2D eigenvalue weighted by Crippen LogP contribution is 2.15. The molecule has 1 aliphatic rings. The summed E-state index contributed by atoms with van der Waals surface area (Å²) in [5.41, 5.74) is 6.87. The molecule has 0 spiro atoms. The number of nitrogens with one attached hydrogen (secondary N) is 1. The zero-order chi connectivity index (χ0) is 14.5. The minimum absolute atomic E-state index is 0.0987. The van der Waals surface area contributed by atoms with Gasteiger partial charge in [-0.3, -0.25) is 15.2 Å². The third-order valence-electron chi connectivity index (χ3n) is 3.64. The van der Waals surface area contributed by atoms with Crippen LogP contribution in [0.4, 0.5) is 4.39 Å². The molecule has 1 aliphatic heterocycles. The average Bonchev–Trinajstić information content (AvgIpc) is 2.43. The van der Waals surface area contributed by atoms with Gasteiger partial charge in [0.2, 0.25) is 0 Å². The smallest absolute Gasteiger partial charge is 0.123 e. The first-order valence-corrected chi connectivity index (χ1v) is 6.78. The second-order valence-electron chi connectivity index (χ2n) is 5.06. The summed E-state index contributed by atoms with van der Waals surface area (Å²) in [7, 11) is 0. The summed E-state index contributed by atoms with van der Waals surface area (Å²) in [5, 5.41) is 16.4. The van der Waals surface area contributed by atoms with Crippen molar-refractivity contribution >= 4 is 5.84 Å². The number of nitrogens with two attached hydrogens (primary N) is 1. The molecule has 0 radical (unpaired) electrons. The molecule has 1 aromatic carbocycles. The number of aliphatic hydroxyl groups is 1. The molecule has 0 amide bonds. The van der Waals surface area contributed by atoms with E-state index < -0.39 is 0 Å². The normalized spacial score (nSPS) is 17.3. The van der Waals surface area contributed by atoms with Gasteiger partial charge in [-0.25, -0.2) is 4.39 Å². The van der Waals surface area contributed by atoms with Crippen LogP contribution in [0, 0.1) is 11.2 Å². The van der Waals surface area contributed by atoms with Gasteiger partial charge in [-0.15, -0.1) is 0 Å². The molecule has 5 nitrogen and oxygen atoms in total. The highest BCUT2D eigenvalue weighted by atomic mass is 19.1. The van der Waals surface area contributed by atoms with Gasteiger partial charge in [0.1, 0.15) is 11.7 Å². The summed E-state index contributed by atoms with van der Waals surface area (Å²) < 4.78 is 13.2. The summed E-state index contributed by atoms with van der Waals surface area (Å²) in [5.74, 6) is -0.467. The predicted molar refractivity (Wildman–Crippen MR) is 76.2 cm³/mol. The maximum absolute atomic E-state index is 13.2. The van der Waals surface area contributed by atoms with Crippen LogP contribution in [0.25, 0.3) is 0 Å². The number of nitrogens with zero attached hydrogens (tertiary/aromatic N) is 2. The van der Waals surface area contributed by atoms with E-state index in [9.17, 15) is 4.39 Å². The molecule has 110 valence electrons. The van der Waals surface area contributed by atoms with E-state index in [0.29, 0.717) is 18.7 Å². The van der Waals surface area contributed by atoms with Crippen molar-refractivity contribution in [1.82, 2.24) is 9.80 Å². The third-order valence-corrected chi connectivity index (χ3v) is 3.64. The van der Waals surface area contributed by atoms with Gasteiger partial charge in [0, 0.05) is 44.8 Å². The lowest BCUT2D eigenvalue weighted by atomic mass is 10.1. The molecule has 1 heterocycles. The van der Waals surface area contributed by atoms with Crippen molar-refractivity contribution in [1.29, 1.82) is 5.41 Å². The van der Waals surface area contributed by atoms with Gasteiger partial charge in [0.15, 0.2) is 0 Å². The van der Waals surface area contributed by atoms with Crippen LogP contribution in [-0.4, -0.2) is 60.1 Å². The van der Waals surface area contributed by atoms with Gasteiger partial charge in [-0.2, -0.15) is 0 Å². The Morgan fingerprint density at radius 1 is 1.25 bits per heavy atom. The zero-order valence-corrected chi connectivity index (χ0v) is 11.5. The Morgan fingerprint density at radius 2 is 1.90 bits per heavy atom. The van der Waals surface area contributed by atoms with Gasteiger partial charge >= 0.3 is 0 Å². The molecule has 1 saturated heterocycles. The Hall–Kier alpha value is -1.50. The van der Waals surface area contributed by atoms with E-state index in [-0.39, 0.29) is 18.3 Å². The maximum Gasteiger partial charge on any atom is 0.123 e. The largest absolute Gasteiger partial charge is 0.395 e. The molecule has 20 heavy (non-hydrogen) atoms. The third kappa shape index (κ3) is 3.75. The Kier molecular flexibility index (Phi) is 5.05. The standard InChI is InChI=1S/C14H21FN4O/c15-12-2-1-11(13(9-12)14(16)17)10-19-5-3-18(4-6-19)7-8-20/h1-2,9,20H,3-8,10H2,(H3,16,17). The number of amidine groups is 1. The second kappa shape index (κ2) is 6.78. The van der Waals surface area contributed by atoms with E-state index in [1.54, 1.807) is 6.07 Å². The van der Waals surface area contributed by atoms with E-state index in [2.05, 4.69) is 9.80 Å². The molecule has 1 fully saturated rings. The number of piperazine rings is 1. The highest BCUT2D eigenvalue weighted by molar-refractivity contribution is 5.96. The van der Waals surface area contributed by atoms with E-state index in [1.807, 2.05) is 0 Å². The van der Waals surface area contributed by atoms with Crippen molar-refractivity contribution in [3.8, 4) is 0 Å². The molecular weight excluding hydrogens is 259 g/mol. The number of hydrogen-bond acceptors (Lipinski definition) is 4. The number of nitrogen functional groups attached to an aromatic ring is 1.